The van der Waals surface area contributed by atoms with Gasteiger partial charge >= 0.3 is 0 Å². The molecule has 2 heterocycles. The summed E-state index contributed by atoms with van der Waals surface area (Å²) in [5.41, 5.74) is 1.66. The van der Waals surface area contributed by atoms with Crippen LogP contribution in [0.3, 0.4) is 0 Å². The number of aromatic nitrogens is 1. The summed E-state index contributed by atoms with van der Waals surface area (Å²) in [6.07, 6.45) is 1.66. The normalized spacial score (nSPS) is 22.0. The molecule has 0 saturated carbocycles. The number of piperazine rings is 1. The van der Waals surface area contributed by atoms with E-state index >= 15 is 0 Å². The minimum Gasteiger partial charge on any atom is -0.327 e. The fourth-order valence-electron chi connectivity index (χ4n) is 2.74. The highest BCUT2D eigenvalue weighted by Gasteiger charge is 2.31. The third kappa shape index (κ3) is 2.95. The first-order valence-corrected chi connectivity index (χ1v) is 7.26. The minimum absolute atomic E-state index is 0.00203. The molecule has 4 heteroatoms. The lowest BCUT2D eigenvalue weighted by Crippen LogP contribution is -2.53. The van der Waals surface area contributed by atoms with Crippen LogP contribution in [-0.2, 0) is 0 Å². The van der Waals surface area contributed by atoms with Crippen LogP contribution in [0.2, 0.25) is 0 Å². The van der Waals surface area contributed by atoms with Crippen molar-refractivity contribution in [1.82, 2.24) is 15.2 Å². The number of benzene rings is 1. The van der Waals surface area contributed by atoms with Gasteiger partial charge in [0.25, 0.3) is 5.91 Å². The lowest BCUT2D eigenvalue weighted by Gasteiger charge is -2.39. The Balaban J connectivity index is 1.90. The van der Waals surface area contributed by atoms with Crippen LogP contribution >= 0.6 is 0 Å². The predicted octanol–water partition coefficient (Wildman–Crippen LogP) is 2.26. The summed E-state index contributed by atoms with van der Waals surface area (Å²) in [6.45, 7) is 3.55. The van der Waals surface area contributed by atoms with E-state index in [2.05, 4.69) is 29.4 Å². The summed E-state index contributed by atoms with van der Waals surface area (Å²) in [7, 11) is 0. The molecule has 108 valence electrons. The molecule has 4 nitrogen and oxygen atoms in total. The summed E-state index contributed by atoms with van der Waals surface area (Å²) < 4.78 is 0. The predicted molar refractivity (Wildman–Crippen MR) is 81.9 cm³/mol. The van der Waals surface area contributed by atoms with Crippen LogP contribution in [0, 0.1) is 0 Å². The van der Waals surface area contributed by atoms with E-state index in [-0.39, 0.29) is 18.0 Å². The Kier molecular flexibility index (Phi) is 3.97. The molecule has 1 amide bonds. The maximum absolute atomic E-state index is 12.8. The van der Waals surface area contributed by atoms with Crippen LogP contribution in [0.1, 0.15) is 29.0 Å². The van der Waals surface area contributed by atoms with Gasteiger partial charge in [0.15, 0.2) is 0 Å². The Morgan fingerprint density at radius 2 is 1.95 bits per heavy atom. The number of rotatable bonds is 2. The third-order valence-electron chi connectivity index (χ3n) is 3.84. The first kappa shape index (κ1) is 13.8. The van der Waals surface area contributed by atoms with Crippen molar-refractivity contribution in [3.63, 3.8) is 0 Å². The van der Waals surface area contributed by atoms with E-state index in [1.807, 2.05) is 35.2 Å². The molecular weight excluding hydrogens is 262 g/mol. The lowest BCUT2D eigenvalue weighted by molar-refractivity contribution is 0.0585. The molecule has 3 rings (SSSR count). The van der Waals surface area contributed by atoms with Crippen molar-refractivity contribution in [3.05, 3.63) is 66.0 Å². The molecule has 1 saturated heterocycles. The zero-order chi connectivity index (χ0) is 14.7. The van der Waals surface area contributed by atoms with Gasteiger partial charge in [0.1, 0.15) is 5.69 Å². The molecule has 0 aliphatic carbocycles. The van der Waals surface area contributed by atoms with Crippen molar-refractivity contribution in [1.29, 1.82) is 0 Å². The molecule has 21 heavy (non-hydrogen) atoms. The van der Waals surface area contributed by atoms with E-state index in [1.165, 1.54) is 0 Å². The number of pyridine rings is 1. The second kappa shape index (κ2) is 6.06. The Bertz CT molecular complexity index is 600. The summed E-state index contributed by atoms with van der Waals surface area (Å²) in [5, 5.41) is 3.45. The zero-order valence-corrected chi connectivity index (χ0v) is 12.1. The Labute approximate surface area is 124 Å². The van der Waals surface area contributed by atoms with Gasteiger partial charge in [-0.1, -0.05) is 36.4 Å². The molecule has 0 spiro atoms. The maximum atomic E-state index is 12.8. The van der Waals surface area contributed by atoms with Crippen LogP contribution < -0.4 is 5.32 Å². The lowest BCUT2D eigenvalue weighted by atomic mass is 10.0. The first-order valence-electron chi connectivity index (χ1n) is 7.26. The first-order chi connectivity index (χ1) is 10.3. The monoisotopic (exact) mass is 281 g/mol. The zero-order valence-electron chi connectivity index (χ0n) is 12.1. The molecule has 1 fully saturated rings. The van der Waals surface area contributed by atoms with Crippen molar-refractivity contribution in [3.8, 4) is 0 Å². The summed E-state index contributed by atoms with van der Waals surface area (Å²) in [4.78, 5) is 18.9. The fraction of sp³-hybridized carbons (Fsp3) is 0.294. The van der Waals surface area contributed by atoms with Crippen molar-refractivity contribution >= 4 is 5.91 Å². The highest BCUT2D eigenvalue weighted by molar-refractivity contribution is 5.92. The molecule has 2 atom stereocenters. The van der Waals surface area contributed by atoms with Gasteiger partial charge in [-0.15, -0.1) is 0 Å². The van der Waals surface area contributed by atoms with Gasteiger partial charge in [0.05, 0.1) is 6.04 Å². The minimum atomic E-state index is -0.00203. The Hall–Kier alpha value is -2.20. The molecule has 1 aromatic carbocycles. The smallest absolute Gasteiger partial charge is 0.273 e. The third-order valence-corrected chi connectivity index (χ3v) is 3.84. The molecule has 2 unspecified atom stereocenters. The fourth-order valence-corrected chi connectivity index (χ4v) is 2.74. The average Bonchev–Trinajstić information content (AvgIpc) is 2.56. The van der Waals surface area contributed by atoms with Crippen LogP contribution in [-0.4, -0.2) is 34.9 Å². The van der Waals surface area contributed by atoms with Gasteiger partial charge in [0.2, 0.25) is 0 Å². The summed E-state index contributed by atoms with van der Waals surface area (Å²) in [6, 6.07) is 15.9. The molecule has 1 aromatic heterocycles. The van der Waals surface area contributed by atoms with Crippen LogP contribution in [0.15, 0.2) is 54.7 Å². The van der Waals surface area contributed by atoms with Crippen LogP contribution in [0.5, 0.6) is 0 Å². The maximum Gasteiger partial charge on any atom is 0.273 e. The van der Waals surface area contributed by atoms with Gasteiger partial charge in [0, 0.05) is 25.3 Å². The van der Waals surface area contributed by atoms with Gasteiger partial charge in [-0.3, -0.25) is 9.78 Å². The largest absolute Gasteiger partial charge is 0.327 e. The molecule has 1 aliphatic heterocycles. The van der Waals surface area contributed by atoms with Crippen molar-refractivity contribution in [2.75, 3.05) is 13.1 Å². The van der Waals surface area contributed by atoms with Gasteiger partial charge in [-0.05, 0) is 24.6 Å². The Morgan fingerprint density at radius 3 is 2.67 bits per heavy atom. The van der Waals surface area contributed by atoms with Gasteiger partial charge in [-0.25, -0.2) is 0 Å². The van der Waals surface area contributed by atoms with Gasteiger partial charge in [-0.2, -0.15) is 0 Å². The number of hydrogen-bond acceptors (Lipinski definition) is 3. The second-order valence-corrected chi connectivity index (χ2v) is 5.41. The van der Waals surface area contributed by atoms with E-state index in [1.54, 1.807) is 12.3 Å². The molecule has 2 aromatic rings. The quantitative estimate of drug-likeness (QED) is 0.918. The van der Waals surface area contributed by atoms with E-state index < -0.39 is 0 Å². The van der Waals surface area contributed by atoms with E-state index in [0.29, 0.717) is 12.2 Å². The van der Waals surface area contributed by atoms with Crippen molar-refractivity contribution in [2.45, 2.75) is 19.0 Å². The number of amides is 1. The van der Waals surface area contributed by atoms with Crippen LogP contribution in [0.4, 0.5) is 0 Å². The number of nitrogens with zero attached hydrogens (tertiary/aromatic N) is 2. The van der Waals surface area contributed by atoms with Crippen molar-refractivity contribution in [2.24, 2.45) is 0 Å². The highest BCUT2D eigenvalue weighted by Crippen LogP contribution is 2.25. The van der Waals surface area contributed by atoms with E-state index in [4.69, 9.17) is 0 Å². The van der Waals surface area contributed by atoms with Crippen molar-refractivity contribution < 1.29 is 4.79 Å². The standard InChI is InChI=1S/C17H19N3O/c1-13-12-20(17(21)15-9-5-6-10-18-15)16(11-19-13)14-7-3-2-4-8-14/h2-10,13,16,19H,11-12H2,1H3. The number of hydrogen-bond donors (Lipinski definition) is 1. The average molecular weight is 281 g/mol. The molecule has 1 aliphatic rings. The summed E-state index contributed by atoms with van der Waals surface area (Å²) in [5.74, 6) is -0.00203. The van der Waals surface area contributed by atoms with Crippen LogP contribution in [0.25, 0.3) is 0 Å². The van der Waals surface area contributed by atoms with Gasteiger partial charge < -0.3 is 10.2 Å². The molecule has 1 N–H and O–H groups in total. The SMILES string of the molecule is CC1CN(C(=O)c2ccccn2)C(c2ccccc2)CN1. The van der Waals surface area contributed by atoms with E-state index in [9.17, 15) is 4.79 Å². The molecule has 0 radical (unpaired) electrons. The highest BCUT2D eigenvalue weighted by atomic mass is 16.2. The van der Waals surface area contributed by atoms with E-state index in [0.717, 1.165) is 12.1 Å². The summed E-state index contributed by atoms with van der Waals surface area (Å²) >= 11 is 0. The molecule has 0 bridgehead atoms. The molecular formula is C17H19N3O. The second-order valence-electron chi connectivity index (χ2n) is 5.41. The number of nitrogens with one attached hydrogen (secondary N) is 1. The number of carbonyl (C=O) groups is 1. The Morgan fingerprint density at radius 1 is 1.19 bits per heavy atom. The topological polar surface area (TPSA) is 45.2 Å². The number of carbonyl (C=O) groups excluding carboxylic acids is 1.